The van der Waals surface area contributed by atoms with Crippen LogP contribution in [0.2, 0.25) is 0 Å². The van der Waals surface area contributed by atoms with Crippen molar-refractivity contribution < 1.29 is 14.5 Å². The summed E-state index contributed by atoms with van der Waals surface area (Å²) in [6, 6.07) is 9.31. The molecule has 1 heterocycles. The first kappa shape index (κ1) is 25.4. The number of hydrogen-bond donors (Lipinski definition) is 1. The van der Waals surface area contributed by atoms with Crippen molar-refractivity contribution in [1.82, 2.24) is 9.29 Å². The number of pyridine rings is 1. The number of aromatic nitrogens is 1. The fourth-order valence-corrected chi connectivity index (χ4v) is 2.93. The van der Waals surface area contributed by atoms with Gasteiger partial charge in [0.05, 0.1) is 11.5 Å². The third-order valence-electron chi connectivity index (χ3n) is 3.32. The van der Waals surface area contributed by atoms with Gasteiger partial charge in [0, 0.05) is 17.6 Å². The summed E-state index contributed by atoms with van der Waals surface area (Å²) in [5, 5.41) is 14.0. The van der Waals surface area contributed by atoms with Gasteiger partial charge in [-0.15, -0.1) is 0 Å². The second kappa shape index (κ2) is 13.6. The van der Waals surface area contributed by atoms with Gasteiger partial charge in [-0.05, 0) is 55.6 Å². The van der Waals surface area contributed by atoms with E-state index in [1.807, 2.05) is 31.3 Å². The zero-order chi connectivity index (χ0) is 22.5. The van der Waals surface area contributed by atoms with E-state index in [4.69, 9.17) is 4.74 Å². The van der Waals surface area contributed by atoms with Gasteiger partial charge < -0.3 is 10.1 Å². The topological polar surface area (TPSA) is 97.6 Å². The maximum atomic E-state index is 11.5. The Morgan fingerprint density at radius 1 is 1.27 bits per heavy atom. The molecule has 1 N–H and O–H groups in total. The zero-order valence-corrected chi connectivity index (χ0v) is 18.9. The molecule has 2 aromatic rings. The molecule has 1 aromatic heterocycles. The Morgan fingerprint density at radius 2 is 1.90 bits per heavy atom. The van der Waals surface area contributed by atoms with Crippen LogP contribution in [0.3, 0.4) is 0 Å². The van der Waals surface area contributed by atoms with Gasteiger partial charge in [-0.2, -0.15) is 0 Å². The number of anilines is 1. The molecule has 0 fully saturated rings. The lowest BCUT2D eigenvalue weighted by Crippen LogP contribution is -2.21. The number of likely N-dealkylation sites (N-methyl/N-ethyl adjacent to an activating group) is 1. The van der Waals surface area contributed by atoms with Crippen molar-refractivity contribution in [2.75, 3.05) is 25.5 Å². The summed E-state index contributed by atoms with van der Waals surface area (Å²) in [7, 11) is 1.82. The summed E-state index contributed by atoms with van der Waals surface area (Å²) in [6.45, 7) is 9.30. The highest BCUT2D eigenvalue weighted by Gasteiger charge is 2.13. The van der Waals surface area contributed by atoms with Gasteiger partial charge in [0.1, 0.15) is 18.4 Å². The first-order valence-electron chi connectivity index (χ1n) is 9.68. The highest BCUT2D eigenvalue weighted by molar-refractivity contribution is 7.97. The van der Waals surface area contributed by atoms with Crippen LogP contribution in [0, 0.1) is 16.0 Å². The van der Waals surface area contributed by atoms with Gasteiger partial charge in [0.25, 0.3) is 0 Å². The van der Waals surface area contributed by atoms with E-state index in [9.17, 15) is 14.9 Å². The predicted octanol–water partition coefficient (Wildman–Crippen LogP) is 4.77. The Labute approximate surface area is 182 Å². The molecule has 8 nitrogen and oxygen atoms in total. The van der Waals surface area contributed by atoms with Crippen LogP contribution in [0.4, 0.5) is 11.4 Å². The molecule has 0 aliphatic heterocycles. The lowest BCUT2D eigenvalue weighted by atomic mass is 10.2. The van der Waals surface area contributed by atoms with Gasteiger partial charge in [-0.25, -0.2) is 4.31 Å². The quantitative estimate of drug-likeness (QED) is 0.261. The SMILES string of the molecule is CC(C)C.CCOC(=O)CN(C)Sc1ccc(CNc2ccncc2[N+](=O)[O-])cc1. The number of nitro groups is 1. The second-order valence-electron chi connectivity index (χ2n) is 7.06. The lowest BCUT2D eigenvalue weighted by Gasteiger charge is -2.14. The van der Waals surface area contributed by atoms with Crippen LogP contribution in [-0.2, 0) is 16.1 Å². The van der Waals surface area contributed by atoms with Crippen LogP contribution >= 0.6 is 11.9 Å². The first-order valence-corrected chi connectivity index (χ1v) is 10.5. The molecule has 0 saturated carbocycles. The molecule has 0 atom stereocenters. The number of esters is 1. The molecule has 9 heteroatoms. The summed E-state index contributed by atoms with van der Waals surface area (Å²) in [5.41, 5.74) is 1.35. The van der Waals surface area contributed by atoms with Crippen molar-refractivity contribution >= 4 is 29.3 Å². The monoisotopic (exact) mass is 434 g/mol. The first-order chi connectivity index (χ1) is 14.2. The van der Waals surface area contributed by atoms with Crippen LogP contribution in [0.15, 0.2) is 47.6 Å². The molecule has 0 aliphatic carbocycles. The molecule has 0 aliphatic rings. The van der Waals surface area contributed by atoms with Crippen molar-refractivity contribution in [3.05, 3.63) is 58.4 Å². The fraction of sp³-hybridized carbons (Fsp3) is 0.429. The van der Waals surface area contributed by atoms with Crippen molar-refractivity contribution in [2.24, 2.45) is 5.92 Å². The molecule has 0 saturated heterocycles. The van der Waals surface area contributed by atoms with Crippen molar-refractivity contribution in [3.8, 4) is 0 Å². The molecule has 30 heavy (non-hydrogen) atoms. The Bertz CT molecular complexity index is 797. The molecular weight excluding hydrogens is 404 g/mol. The molecule has 0 amide bonds. The van der Waals surface area contributed by atoms with Crippen LogP contribution in [0.5, 0.6) is 0 Å². The molecular formula is C21H30N4O4S. The number of carbonyl (C=O) groups excluding carboxylic acids is 1. The van der Waals surface area contributed by atoms with Gasteiger partial charge in [-0.3, -0.25) is 19.9 Å². The number of nitrogens with one attached hydrogen (secondary N) is 1. The van der Waals surface area contributed by atoms with E-state index in [1.54, 1.807) is 17.3 Å². The molecule has 0 spiro atoms. The number of nitrogens with zero attached hydrogens (tertiary/aromatic N) is 3. The van der Waals surface area contributed by atoms with E-state index in [-0.39, 0.29) is 18.2 Å². The van der Waals surface area contributed by atoms with Crippen LogP contribution in [-0.4, -0.2) is 40.4 Å². The van der Waals surface area contributed by atoms with Crippen molar-refractivity contribution in [3.63, 3.8) is 0 Å². The highest BCUT2D eigenvalue weighted by atomic mass is 32.2. The lowest BCUT2D eigenvalue weighted by molar-refractivity contribution is -0.384. The summed E-state index contributed by atoms with van der Waals surface area (Å²) in [4.78, 5) is 26.7. The normalized spacial score (nSPS) is 10.4. The van der Waals surface area contributed by atoms with Gasteiger partial charge in [-0.1, -0.05) is 32.9 Å². The van der Waals surface area contributed by atoms with E-state index in [1.165, 1.54) is 24.3 Å². The Morgan fingerprint density at radius 3 is 2.47 bits per heavy atom. The Kier molecular flexibility index (Phi) is 11.5. The number of hydrogen-bond acceptors (Lipinski definition) is 8. The van der Waals surface area contributed by atoms with Crippen LogP contribution < -0.4 is 5.32 Å². The minimum absolute atomic E-state index is 0.0553. The molecule has 0 bridgehead atoms. The molecule has 0 unspecified atom stereocenters. The summed E-state index contributed by atoms with van der Waals surface area (Å²) in [5.74, 6) is 0.572. The van der Waals surface area contributed by atoms with Gasteiger partial charge in [0.15, 0.2) is 0 Å². The van der Waals surface area contributed by atoms with Crippen molar-refractivity contribution in [2.45, 2.75) is 39.1 Å². The largest absolute Gasteiger partial charge is 0.465 e. The van der Waals surface area contributed by atoms with E-state index < -0.39 is 4.92 Å². The number of rotatable bonds is 9. The second-order valence-corrected chi connectivity index (χ2v) is 8.34. The summed E-state index contributed by atoms with van der Waals surface area (Å²) in [6.07, 6.45) is 2.73. The third-order valence-corrected chi connectivity index (χ3v) is 4.25. The zero-order valence-electron chi connectivity index (χ0n) is 18.1. The molecule has 2 rings (SSSR count). The maximum Gasteiger partial charge on any atom is 0.321 e. The number of carbonyl (C=O) groups is 1. The Balaban J connectivity index is 0.00000103. The summed E-state index contributed by atoms with van der Waals surface area (Å²) >= 11 is 1.44. The average molecular weight is 435 g/mol. The number of ether oxygens (including phenoxy) is 1. The third kappa shape index (κ3) is 10.2. The average Bonchev–Trinajstić information content (AvgIpc) is 2.67. The van der Waals surface area contributed by atoms with Gasteiger partial charge >= 0.3 is 11.7 Å². The van der Waals surface area contributed by atoms with E-state index in [0.29, 0.717) is 18.8 Å². The highest BCUT2D eigenvalue weighted by Crippen LogP contribution is 2.24. The van der Waals surface area contributed by atoms with Crippen LogP contribution in [0.25, 0.3) is 0 Å². The molecule has 0 radical (unpaired) electrons. The van der Waals surface area contributed by atoms with E-state index in [2.05, 4.69) is 31.1 Å². The standard InChI is InChI=1S/C17H20N4O4S.C4H10/c1-3-25-17(22)12-20(2)26-14-6-4-13(5-7-14)10-19-15-8-9-18-11-16(15)21(23)24;1-4(2)3/h4-9,11H,3,10,12H2,1-2H3,(H,18,19);4H,1-3H3. The van der Waals surface area contributed by atoms with Gasteiger partial charge in [0.2, 0.25) is 0 Å². The fourth-order valence-electron chi connectivity index (χ4n) is 2.15. The van der Waals surface area contributed by atoms with E-state index in [0.717, 1.165) is 16.4 Å². The van der Waals surface area contributed by atoms with Crippen LogP contribution in [0.1, 0.15) is 33.3 Å². The predicted molar refractivity (Wildman–Crippen MR) is 120 cm³/mol. The summed E-state index contributed by atoms with van der Waals surface area (Å²) < 4.78 is 6.71. The maximum absolute atomic E-state index is 11.5. The van der Waals surface area contributed by atoms with E-state index >= 15 is 0 Å². The minimum atomic E-state index is -0.464. The van der Waals surface area contributed by atoms with Crippen molar-refractivity contribution in [1.29, 1.82) is 0 Å². The smallest absolute Gasteiger partial charge is 0.321 e. The minimum Gasteiger partial charge on any atom is -0.465 e. The Hall–Kier alpha value is -2.65. The molecule has 164 valence electrons. The molecule has 1 aromatic carbocycles. The number of benzene rings is 1.